The lowest BCUT2D eigenvalue weighted by molar-refractivity contribution is 0.629. The molecule has 0 bridgehead atoms. The van der Waals surface area contributed by atoms with Gasteiger partial charge in [-0.3, -0.25) is 0 Å². The lowest BCUT2D eigenvalue weighted by Gasteiger charge is -2.44. The van der Waals surface area contributed by atoms with Gasteiger partial charge in [0.15, 0.2) is 0 Å². The van der Waals surface area contributed by atoms with Gasteiger partial charge in [0.2, 0.25) is 0 Å². The van der Waals surface area contributed by atoms with Crippen LogP contribution in [0.1, 0.15) is 0 Å². The second kappa shape index (κ2) is 9.36. The number of hydrogen-bond acceptors (Lipinski definition) is 2. The first-order valence-corrected chi connectivity index (χ1v) is 15.8. The monoisotopic (exact) mass is 612 g/mol. The van der Waals surface area contributed by atoms with Gasteiger partial charge in [0.05, 0.1) is 33.8 Å². The van der Waals surface area contributed by atoms with Crippen LogP contribution in [0.4, 0.5) is 42.9 Å². The molecule has 0 aliphatic carbocycles. The zero-order valence-corrected chi connectivity index (χ0v) is 25.7. The van der Waals surface area contributed by atoms with E-state index in [4.69, 9.17) is 0 Å². The van der Waals surface area contributed by atoms with Gasteiger partial charge in [-0.15, -0.1) is 0 Å². The van der Waals surface area contributed by atoms with E-state index in [0.717, 1.165) is 71.8 Å². The van der Waals surface area contributed by atoms with Crippen LogP contribution in [0.3, 0.4) is 0 Å². The number of hydrogen-bond donors (Lipinski definition) is 0. The van der Waals surface area contributed by atoms with Crippen molar-refractivity contribution in [3.05, 3.63) is 139 Å². The summed E-state index contributed by atoms with van der Waals surface area (Å²) < 4.78 is 36.4. The third-order valence-corrected chi connectivity index (χ3v) is 10.2. The largest absolute Gasteiger partial charge is 0.349 e. The minimum atomic E-state index is -0.307. The highest BCUT2D eigenvalue weighted by Gasteiger charge is 2.45. The van der Waals surface area contributed by atoms with Crippen LogP contribution in [-0.4, -0.2) is 15.8 Å². The Morgan fingerprint density at radius 1 is 0.511 bits per heavy atom. The summed E-state index contributed by atoms with van der Waals surface area (Å²) in [7, 11) is 4.14. The smallest absolute Gasteiger partial charge is 0.252 e. The van der Waals surface area contributed by atoms with E-state index in [1.165, 1.54) is 12.1 Å². The molecule has 0 saturated carbocycles. The number of anilines is 6. The Morgan fingerprint density at radius 3 is 1.77 bits per heavy atom. The average molecular weight is 612 g/mol. The average Bonchev–Trinajstić information content (AvgIpc) is 3.62. The standard InChI is InChI=1S/C40H27BF2N4/c1-44-23-22-24-18-20-27-39(37(24)44)46(32-14-7-4-11-29(32)42)34-16-9-17-35-36(34)41(27)28-21-19-26-25-10-3-6-13-31(25)45(2)38(26)40(28)47(35)33-15-8-5-12-30(33)43/h3-23H,1-2H3. The van der Waals surface area contributed by atoms with E-state index in [0.29, 0.717) is 11.4 Å². The van der Waals surface area contributed by atoms with Crippen LogP contribution in [0.25, 0.3) is 32.7 Å². The van der Waals surface area contributed by atoms with Crippen molar-refractivity contribution in [3.8, 4) is 0 Å². The summed E-state index contributed by atoms with van der Waals surface area (Å²) in [4.78, 5) is 4.16. The Bertz CT molecular complexity index is 2620. The van der Waals surface area contributed by atoms with E-state index in [-0.39, 0.29) is 18.3 Å². The molecule has 2 aliphatic rings. The number of aryl methyl sites for hydroxylation is 2. The minimum absolute atomic E-state index is 0.182. The van der Waals surface area contributed by atoms with Crippen molar-refractivity contribution >= 4 is 89.9 Å². The molecule has 8 aromatic rings. The molecule has 0 spiro atoms. The third kappa shape index (κ3) is 3.35. The van der Waals surface area contributed by atoms with Gasteiger partial charge >= 0.3 is 0 Å². The highest BCUT2D eigenvalue weighted by atomic mass is 19.1. The number of nitrogens with zero attached hydrogens (tertiary/aromatic N) is 4. The van der Waals surface area contributed by atoms with Gasteiger partial charge in [0.25, 0.3) is 6.71 Å². The molecular formula is C40H27BF2N4. The van der Waals surface area contributed by atoms with Gasteiger partial charge in [-0.25, -0.2) is 8.78 Å². The van der Waals surface area contributed by atoms with Gasteiger partial charge in [-0.05, 0) is 64.9 Å². The van der Waals surface area contributed by atoms with Crippen molar-refractivity contribution in [2.24, 2.45) is 14.1 Å². The Balaban J connectivity index is 1.41. The lowest BCUT2D eigenvalue weighted by Crippen LogP contribution is -2.61. The number of fused-ring (bicyclic) bond motifs is 10. The fraction of sp³-hybridized carbons (Fsp3) is 0.0500. The number of halogens is 2. The summed E-state index contributed by atoms with van der Waals surface area (Å²) in [6.45, 7) is -0.182. The number of para-hydroxylation sites is 3. The molecule has 7 heteroatoms. The molecule has 4 nitrogen and oxygen atoms in total. The molecule has 0 radical (unpaired) electrons. The maximum atomic E-state index is 16.1. The second-order valence-corrected chi connectivity index (χ2v) is 12.6. The first-order valence-electron chi connectivity index (χ1n) is 15.8. The molecule has 0 atom stereocenters. The molecule has 0 N–H and O–H groups in total. The maximum absolute atomic E-state index is 16.1. The van der Waals surface area contributed by atoms with Crippen LogP contribution >= 0.6 is 0 Å². The van der Waals surface area contributed by atoms with Crippen molar-refractivity contribution in [2.45, 2.75) is 0 Å². The van der Waals surface area contributed by atoms with E-state index in [1.54, 1.807) is 12.1 Å². The van der Waals surface area contributed by atoms with Gasteiger partial charge in [-0.1, -0.05) is 72.8 Å². The van der Waals surface area contributed by atoms with E-state index >= 15 is 8.78 Å². The number of aromatic nitrogens is 2. The van der Waals surface area contributed by atoms with Gasteiger partial charge in [0, 0.05) is 53.3 Å². The number of rotatable bonds is 2. The summed E-state index contributed by atoms with van der Waals surface area (Å²) >= 11 is 0. The predicted octanol–water partition coefficient (Wildman–Crippen LogP) is 8.18. The summed E-state index contributed by atoms with van der Waals surface area (Å²) in [6.07, 6.45) is 2.06. The molecule has 0 unspecified atom stereocenters. The SMILES string of the molecule is Cn1ccc2ccc3c(c21)N(c1ccccc1F)c1cccc2c1B3c1ccc3c4ccccc4n(C)c3c1N2c1ccccc1F. The van der Waals surface area contributed by atoms with Crippen LogP contribution < -0.4 is 26.2 Å². The fourth-order valence-corrected chi connectivity index (χ4v) is 8.30. The molecule has 0 saturated heterocycles. The lowest BCUT2D eigenvalue weighted by atomic mass is 9.33. The zero-order valence-electron chi connectivity index (χ0n) is 25.7. The second-order valence-electron chi connectivity index (χ2n) is 12.6. The van der Waals surface area contributed by atoms with Crippen molar-refractivity contribution in [2.75, 3.05) is 9.80 Å². The van der Waals surface area contributed by atoms with Crippen LogP contribution in [0.5, 0.6) is 0 Å². The summed E-state index contributed by atoms with van der Waals surface area (Å²) in [5, 5.41) is 3.35. The number of benzene rings is 6. The topological polar surface area (TPSA) is 16.3 Å². The van der Waals surface area contributed by atoms with Crippen molar-refractivity contribution in [1.29, 1.82) is 0 Å². The summed E-state index contributed by atoms with van der Waals surface area (Å²) in [5.41, 5.74) is 11.0. The molecule has 2 aliphatic heterocycles. The highest BCUT2D eigenvalue weighted by molar-refractivity contribution is 7.00. The molecule has 0 amide bonds. The highest BCUT2D eigenvalue weighted by Crippen LogP contribution is 2.48. The first kappa shape index (κ1) is 26.4. The fourth-order valence-electron chi connectivity index (χ4n) is 8.30. The van der Waals surface area contributed by atoms with Crippen LogP contribution in [0.15, 0.2) is 128 Å². The Kier molecular flexibility index (Phi) is 5.26. The molecule has 224 valence electrons. The summed E-state index contributed by atoms with van der Waals surface area (Å²) in [6, 6.07) is 39.4. The van der Waals surface area contributed by atoms with Gasteiger partial charge < -0.3 is 18.9 Å². The first-order chi connectivity index (χ1) is 23.0. The van der Waals surface area contributed by atoms with E-state index in [1.807, 2.05) is 37.4 Å². The van der Waals surface area contributed by atoms with Crippen LogP contribution in [0, 0.1) is 11.6 Å². The van der Waals surface area contributed by atoms with Crippen LogP contribution in [0.2, 0.25) is 0 Å². The predicted molar refractivity (Wildman–Crippen MR) is 191 cm³/mol. The molecule has 2 aromatic heterocycles. The molecule has 10 rings (SSSR count). The third-order valence-electron chi connectivity index (χ3n) is 10.2. The van der Waals surface area contributed by atoms with Crippen molar-refractivity contribution < 1.29 is 8.78 Å². The van der Waals surface area contributed by atoms with Gasteiger partial charge in [0.1, 0.15) is 11.6 Å². The molecule has 0 fully saturated rings. The molecule has 6 aromatic carbocycles. The van der Waals surface area contributed by atoms with Crippen molar-refractivity contribution in [1.82, 2.24) is 9.13 Å². The normalized spacial score (nSPS) is 13.4. The van der Waals surface area contributed by atoms with E-state index in [9.17, 15) is 0 Å². The maximum Gasteiger partial charge on any atom is 0.252 e. The van der Waals surface area contributed by atoms with Crippen LogP contribution in [-0.2, 0) is 14.1 Å². The Labute approximate surface area is 270 Å². The Morgan fingerprint density at radius 2 is 1.09 bits per heavy atom. The molecular weight excluding hydrogens is 585 g/mol. The minimum Gasteiger partial charge on any atom is -0.349 e. The quantitative estimate of drug-likeness (QED) is 0.183. The van der Waals surface area contributed by atoms with E-state index in [2.05, 4.69) is 98.9 Å². The van der Waals surface area contributed by atoms with E-state index < -0.39 is 0 Å². The zero-order chi connectivity index (χ0) is 31.6. The summed E-state index contributed by atoms with van der Waals surface area (Å²) in [5.74, 6) is -0.613. The molecule has 4 heterocycles. The Hall–Kier alpha value is -5.82. The van der Waals surface area contributed by atoms with Gasteiger partial charge in [-0.2, -0.15) is 0 Å². The molecule has 47 heavy (non-hydrogen) atoms. The van der Waals surface area contributed by atoms with Crippen molar-refractivity contribution in [3.63, 3.8) is 0 Å².